The Morgan fingerprint density at radius 2 is 1.91 bits per heavy atom. The van der Waals surface area contributed by atoms with E-state index in [2.05, 4.69) is 4.98 Å². The highest BCUT2D eigenvalue weighted by molar-refractivity contribution is 5.93. The smallest absolute Gasteiger partial charge is 0.270 e. The van der Waals surface area contributed by atoms with Crippen molar-refractivity contribution in [2.24, 2.45) is 0 Å². The molecule has 0 N–H and O–H groups in total. The number of nitrogens with zero attached hydrogens (tertiary/aromatic N) is 3. The number of fused-ring (bicyclic) bond motifs is 1. The third kappa shape index (κ3) is 2.74. The molecule has 0 atom stereocenters. The monoisotopic (exact) mass is 293 g/mol. The predicted octanol–water partition coefficient (Wildman–Crippen LogP) is 3.78. The molecule has 0 aliphatic rings. The molecule has 2 aromatic carbocycles. The fraction of sp³-hybridized carbons (Fsp3) is 0.118. The van der Waals surface area contributed by atoms with E-state index in [-0.39, 0.29) is 10.6 Å². The molecule has 0 bridgehead atoms. The van der Waals surface area contributed by atoms with Crippen molar-refractivity contribution in [1.29, 1.82) is 0 Å². The van der Waals surface area contributed by atoms with Crippen molar-refractivity contribution in [2.75, 3.05) is 11.9 Å². The maximum absolute atomic E-state index is 11.0. The van der Waals surface area contributed by atoms with Crippen molar-refractivity contribution in [3.63, 3.8) is 0 Å². The Bertz CT molecular complexity index is 819. The molecule has 0 amide bonds. The van der Waals surface area contributed by atoms with Crippen LogP contribution in [-0.4, -0.2) is 17.0 Å². The van der Waals surface area contributed by atoms with Gasteiger partial charge < -0.3 is 4.90 Å². The average Bonchev–Trinajstić information content (AvgIpc) is 2.54. The summed E-state index contributed by atoms with van der Waals surface area (Å²) in [5, 5.41) is 12.7. The summed E-state index contributed by atoms with van der Waals surface area (Å²) < 4.78 is 0. The minimum Gasteiger partial charge on any atom is -0.355 e. The summed E-state index contributed by atoms with van der Waals surface area (Å²) in [4.78, 5) is 17.0. The maximum atomic E-state index is 11.0. The van der Waals surface area contributed by atoms with E-state index in [1.54, 1.807) is 18.3 Å². The third-order valence-electron chi connectivity index (χ3n) is 3.56. The standard InChI is InChI=1S/C17H15N3O2/c1-19(12-13-5-3-2-4-6-13)17-16-11-15(20(21)22)8-7-14(16)9-10-18-17/h2-11H,12H2,1H3. The van der Waals surface area contributed by atoms with Crippen LogP contribution in [0.3, 0.4) is 0 Å². The largest absolute Gasteiger partial charge is 0.355 e. The van der Waals surface area contributed by atoms with Crippen molar-refractivity contribution in [3.8, 4) is 0 Å². The topological polar surface area (TPSA) is 59.3 Å². The third-order valence-corrected chi connectivity index (χ3v) is 3.56. The van der Waals surface area contributed by atoms with Crippen LogP contribution in [0.4, 0.5) is 11.5 Å². The molecule has 0 saturated heterocycles. The molecule has 0 saturated carbocycles. The van der Waals surface area contributed by atoms with E-state index in [4.69, 9.17) is 0 Å². The Morgan fingerprint density at radius 1 is 1.14 bits per heavy atom. The summed E-state index contributed by atoms with van der Waals surface area (Å²) in [6.45, 7) is 0.690. The van der Waals surface area contributed by atoms with Crippen LogP contribution in [0.25, 0.3) is 10.8 Å². The van der Waals surface area contributed by atoms with E-state index < -0.39 is 0 Å². The van der Waals surface area contributed by atoms with Gasteiger partial charge in [-0.1, -0.05) is 30.3 Å². The normalized spacial score (nSPS) is 10.6. The van der Waals surface area contributed by atoms with Gasteiger partial charge in [0.05, 0.1) is 4.92 Å². The van der Waals surface area contributed by atoms with Crippen LogP contribution in [0.1, 0.15) is 5.56 Å². The first kappa shape index (κ1) is 14.0. The lowest BCUT2D eigenvalue weighted by Crippen LogP contribution is -2.17. The number of aromatic nitrogens is 1. The van der Waals surface area contributed by atoms with Crippen LogP contribution in [0, 0.1) is 10.1 Å². The molecule has 5 nitrogen and oxygen atoms in total. The summed E-state index contributed by atoms with van der Waals surface area (Å²) in [6.07, 6.45) is 1.73. The summed E-state index contributed by atoms with van der Waals surface area (Å²) in [5.74, 6) is 0.741. The van der Waals surface area contributed by atoms with Crippen molar-refractivity contribution in [2.45, 2.75) is 6.54 Å². The minimum absolute atomic E-state index is 0.0786. The molecule has 0 fully saturated rings. The average molecular weight is 293 g/mol. The summed E-state index contributed by atoms with van der Waals surface area (Å²) >= 11 is 0. The second-order valence-electron chi connectivity index (χ2n) is 5.14. The minimum atomic E-state index is -0.382. The molecular formula is C17H15N3O2. The van der Waals surface area contributed by atoms with Gasteiger partial charge in [0.2, 0.25) is 0 Å². The first-order valence-electron chi connectivity index (χ1n) is 6.93. The van der Waals surface area contributed by atoms with Crippen LogP contribution in [0.15, 0.2) is 60.8 Å². The van der Waals surface area contributed by atoms with Gasteiger partial charge >= 0.3 is 0 Å². The number of anilines is 1. The van der Waals surface area contributed by atoms with Gasteiger partial charge in [-0.2, -0.15) is 0 Å². The van der Waals surface area contributed by atoms with Crippen molar-refractivity contribution >= 4 is 22.3 Å². The van der Waals surface area contributed by atoms with Crippen LogP contribution in [-0.2, 0) is 6.54 Å². The van der Waals surface area contributed by atoms with Crippen LogP contribution in [0.2, 0.25) is 0 Å². The SMILES string of the molecule is CN(Cc1ccccc1)c1nccc2ccc([N+](=O)[O-])cc12. The van der Waals surface area contributed by atoms with Gasteiger partial charge in [0, 0.05) is 37.3 Å². The molecular weight excluding hydrogens is 278 g/mol. The van der Waals surface area contributed by atoms with E-state index in [1.165, 1.54) is 6.07 Å². The number of benzene rings is 2. The molecule has 0 radical (unpaired) electrons. The van der Waals surface area contributed by atoms with Gasteiger partial charge in [0.15, 0.2) is 0 Å². The van der Waals surface area contributed by atoms with E-state index in [1.807, 2.05) is 48.3 Å². The highest BCUT2D eigenvalue weighted by Gasteiger charge is 2.12. The Morgan fingerprint density at radius 3 is 2.64 bits per heavy atom. The molecule has 0 spiro atoms. The number of hydrogen-bond donors (Lipinski definition) is 0. The first-order chi connectivity index (χ1) is 10.6. The molecule has 0 unspecified atom stereocenters. The van der Waals surface area contributed by atoms with Crippen molar-refractivity contribution in [1.82, 2.24) is 4.98 Å². The molecule has 0 aliphatic heterocycles. The van der Waals surface area contributed by atoms with E-state index in [0.29, 0.717) is 6.54 Å². The fourth-order valence-electron chi connectivity index (χ4n) is 2.49. The quantitative estimate of drug-likeness (QED) is 0.542. The van der Waals surface area contributed by atoms with Crippen LogP contribution in [0.5, 0.6) is 0 Å². The zero-order chi connectivity index (χ0) is 15.5. The van der Waals surface area contributed by atoms with Crippen molar-refractivity contribution in [3.05, 3.63) is 76.5 Å². The van der Waals surface area contributed by atoms with Crippen LogP contribution < -0.4 is 4.90 Å². The van der Waals surface area contributed by atoms with Crippen LogP contribution >= 0.6 is 0 Å². The Labute approximate surface area is 128 Å². The number of nitro groups is 1. The molecule has 1 aromatic heterocycles. The first-order valence-corrected chi connectivity index (χ1v) is 6.93. The summed E-state index contributed by atoms with van der Waals surface area (Å²) in [7, 11) is 1.94. The van der Waals surface area contributed by atoms with Crippen molar-refractivity contribution < 1.29 is 4.92 Å². The Kier molecular flexibility index (Phi) is 3.70. The van der Waals surface area contributed by atoms with Gasteiger partial charge in [-0.05, 0) is 23.1 Å². The van der Waals surface area contributed by atoms with Gasteiger partial charge in [-0.25, -0.2) is 4.98 Å². The predicted molar refractivity (Wildman–Crippen MR) is 86.9 cm³/mol. The molecule has 1 heterocycles. The highest BCUT2D eigenvalue weighted by Crippen LogP contribution is 2.28. The van der Waals surface area contributed by atoms with Gasteiger partial charge in [0.25, 0.3) is 5.69 Å². The molecule has 0 aliphatic carbocycles. The molecule has 3 aromatic rings. The lowest BCUT2D eigenvalue weighted by Gasteiger charge is -2.20. The number of rotatable bonds is 4. The lowest BCUT2D eigenvalue weighted by atomic mass is 10.1. The maximum Gasteiger partial charge on any atom is 0.270 e. The van der Waals surface area contributed by atoms with E-state index in [0.717, 1.165) is 22.2 Å². The Balaban J connectivity index is 2.02. The number of pyridine rings is 1. The summed E-state index contributed by atoms with van der Waals surface area (Å²) in [5.41, 5.74) is 1.24. The Hall–Kier alpha value is -2.95. The van der Waals surface area contributed by atoms with E-state index in [9.17, 15) is 10.1 Å². The number of nitro benzene ring substituents is 1. The second-order valence-corrected chi connectivity index (χ2v) is 5.14. The van der Waals surface area contributed by atoms with Gasteiger partial charge in [-0.3, -0.25) is 10.1 Å². The molecule has 22 heavy (non-hydrogen) atoms. The zero-order valence-electron chi connectivity index (χ0n) is 12.1. The van der Waals surface area contributed by atoms with Gasteiger partial charge in [0.1, 0.15) is 5.82 Å². The fourth-order valence-corrected chi connectivity index (χ4v) is 2.49. The molecule has 3 rings (SSSR count). The second kappa shape index (κ2) is 5.81. The highest BCUT2D eigenvalue weighted by atomic mass is 16.6. The zero-order valence-corrected chi connectivity index (χ0v) is 12.1. The summed E-state index contributed by atoms with van der Waals surface area (Å²) in [6, 6.07) is 16.8. The van der Waals surface area contributed by atoms with E-state index >= 15 is 0 Å². The number of hydrogen-bond acceptors (Lipinski definition) is 4. The lowest BCUT2D eigenvalue weighted by molar-refractivity contribution is -0.384. The number of non-ortho nitro benzene ring substituents is 1. The van der Waals surface area contributed by atoms with Gasteiger partial charge in [-0.15, -0.1) is 0 Å². The molecule has 5 heteroatoms. The molecule has 110 valence electrons.